The van der Waals surface area contributed by atoms with Gasteiger partial charge in [0.2, 0.25) is 0 Å². The van der Waals surface area contributed by atoms with Gasteiger partial charge in [0.15, 0.2) is 0 Å². The lowest BCUT2D eigenvalue weighted by Crippen LogP contribution is -1.75. The normalized spacial score (nSPS) is 14.2. The molecule has 2 nitrogen and oxygen atoms in total. The van der Waals surface area contributed by atoms with Crippen LogP contribution in [0.15, 0.2) is 24.3 Å². The van der Waals surface area contributed by atoms with Gasteiger partial charge in [-0.25, -0.2) is 0 Å². The van der Waals surface area contributed by atoms with Crippen molar-refractivity contribution in [3.63, 3.8) is 0 Å². The molecule has 0 bridgehead atoms. The molecule has 70 valence electrons. The summed E-state index contributed by atoms with van der Waals surface area (Å²) in [5, 5.41) is 7.73. The molecule has 0 heterocycles. The second-order valence-corrected chi connectivity index (χ2v) is 3.37. The molecule has 0 unspecified atom stereocenters. The summed E-state index contributed by atoms with van der Waals surface area (Å²) in [6.07, 6.45) is 2.73. The third-order valence-electron chi connectivity index (χ3n) is 1.92. The highest BCUT2D eigenvalue weighted by Gasteiger charge is 2.22. The van der Waals surface area contributed by atoms with Crippen LogP contribution in [0.1, 0.15) is 24.3 Å². The molecule has 13 heavy (non-hydrogen) atoms. The number of hydrogen-bond acceptors (Lipinski definition) is 1. The molecule has 0 aromatic heterocycles. The van der Waals surface area contributed by atoms with Gasteiger partial charge in [0.25, 0.3) is 6.47 Å². The van der Waals surface area contributed by atoms with Crippen molar-refractivity contribution in [1.29, 1.82) is 0 Å². The van der Waals surface area contributed by atoms with Gasteiger partial charge in [-0.3, -0.25) is 4.79 Å². The Morgan fingerprint density at radius 1 is 1.31 bits per heavy atom. The third kappa shape index (κ3) is 3.47. The van der Waals surface area contributed by atoms with E-state index < -0.39 is 0 Å². The third-order valence-corrected chi connectivity index (χ3v) is 2.17. The van der Waals surface area contributed by atoms with E-state index >= 15 is 0 Å². The Balaban J connectivity index is 0.000000251. The molecule has 2 rings (SSSR count). The Hall–Kier alpha value is -1.02. The first-order valence-electron chi connectivity index (χ1n) is 4.11. The van der Waals surface area contributed by atoms with Crippen LogP contribution < -0.4 is 0 Å². The molecule has 0 aliphatic heterocycles. The van der Waals surface area contributed by atoms with E-state index in [4.69, 9.17) is 21.5 Å². The van der Waals surface area contributed by atoms with Crippen molar-refractivity contribution in [1.82, 2.24) is 0 Å². The molecular weight excluding hydrogens is 188 g/mol. The van der Waals surface area contributed by atoms with E-state index in [1.165, 1.54) is 18.4 Å². The van der Waals surface area contributed by atoms with E-state index in [0.717, 1.165) is 10.9 Å². The first kappa shape index (κ1) is 10.1. The molecule has 0 radical (unpaired) electrons. The maximum absolute atomic E-state index is 8.36. The Kier molecular flexibility index (Phi) is 3.77. The minimum atomic E-state index is -0.250. The number of halogens is 1. The number of hydrogen-bond donors (Lipinski definition) is 1. The first-order valence-corrected chi connectivity index (χ1v) is 4.49. The average Bonchev–Trinajstić information content (AvgIpc) is 2.90. The van der Waals surface area contributed by atoms with Crippen molar-refractivity contribution in [3.05, 3.63) is 34.9 Å². The molecule has 1 aromatic carbocycles. The Morgan fingerprint density at radius 3 is 2.15 bits per heavy atom. The Labute approximate surface area is 82.2 Å². The van der Waals surface area contributed by atoms with Gasteiger partial charge in [-0.2, -0.15) is 0 Å². The quantitative estimate of drug-likeness (QED) is 0.705. The molecule has 1 aliphatic rings. The standard InChI is InChI=1S/C9H9Cl.CH2O2/c10-9-5-3-8(4-6-9)7-1-2-7;2-1-3/h3-7H,1-2H2;1H,(H,2,3). The van der Waals surface area contributed by atoms with Crippen molar-refractivity contribution in [2.45, 2.75) is 18.8 Å². The largest absolute Gasteiger partial charge is 0.483 e. The smallest absolute Gasteiger partial charge is 0.290 e. The van der Waals surface area contributed by atoms with Crippen molar-refractivity contribution < 1.29 is 9.90 Å². The zero-order chi connectivity index (χ0) is 9.68. The van der Waals surface area contributed by atoms with Gasteiger partial charge in [-0.15, -0.1) is 0 Å². The van der Waals surface area contributed by atoms with Crippen LogP contribution in [0.3, 0.4) is 0 Å². The van der Waals surface area contributed by atoms with E-state index in [0.29, 0.717) is 0 Å². The molecule has 0 saturated heterocycles. The first-order chi connectivity index (χ1) is 6.27. The fourth-order valence-corrected chi connectivity index (χ4v) is 1.28. The van der Waals surface area contributed by atoms with Crippen LogP contribution in [0, 0.1) is 0 Å². The van der Waals surface area contributed by atoms with Gasteiger partial charge in [-0.1, -0.05) is 23.7 Å². The summed E-state index contributed by atoms with van der Waals surface area (Å²) < 4.78 is 0. The number of benzene rings is 1. The minimum absolute atomic E-state index is 0.250. The summed E-state index contributed by atoms with van der Waals surface area (Å²) in [6, 6.07) is 8.18. The van der Waals surface area contributed by atoms with Crippen molar-refractivity contribution in [2.75, 3.05) is 0 Å². The van der Waals surface area contributed by atoms with Crippen LogP contribution in [0.25, 0.3) is 0 Å². The average molecular weight is 199 g/mol. The van der Waals surface area contributed by atoms with Gasteiger partial charge in [0.1, 0.15) is 0 Å². The summed E-state index contributed by atoms with van der Waals surface area (Å²) in [4.78, 5) is 8.36. The fourth-order valence-electron chi connectivity index (χ4n) is 1.15. The summed E-state index contributed by atoms with van der Waals surface area (Å²) in [5.41, 5.74) is 1.45. The monoisotopic (exact) mass is 198 g/mol. The van der Waals surface area contributed by atoms with Crippen LogP contribution in [0.2, 0.25) is 5.02 Å². The van der Waals surface area contributed by atoms with Gasteiger partial charge < -0.3 is 5.11 Å². The Bertz CT molecular complexity index is 265. The van der Waals surface area contributed by atoms with Crippen LogP contribution in [0.4, 0.5) is 0 Å². The number of carboxylic acid groups (broad SMARTS) is 1. The minimum Gasteiger partial charge on any atom is -0.483 e. The van der Waals surface area contributed by atoms with E-state index in [1.807, 2.05) is 12.1 Å². The highest BCUT2D eigenvalue weighted by molar-refractivity contribution is 6.30. The lowest BCUT2D eigenvalue weighted by Gasteiger charge is -1.95. The fraction of sp³-hybridized carbons (Fsp3) is 0.300. The summed E-state index contributed by atoms with van der Waals surface area (Å²) in [6.45, 7) is -0.250. The molecule has 0 amide bonds. The summed E-state index contributed by atoms with van der Waals surface area (Å²) in [7, 11) is 0. The molecule has 0 spiro atoms. The topological polar surface area (TPSA) is 37.3 Å². The second-order valence-electron chi connectivity index (χ2n) is 2.93. The Morgan fingerprint density at radius 2 is 1.77 bits per heavy atom. The molecule has 1 aromatic rings. The van der Waals surface area contributed by atoms with Gasteiger partial charge in [-0.05, 0) is 36.5 Å². The zero-order valence-corrected chi connectivity index (χ0v) is 7.87. The highest BCUT2D eigenvalue weighted by Crippen LogP contribution is 2.40. The zero-order valence-electron chi connectivity index (χ0n) is 7.11. The van der Waals surface area contributed by atoms with E-state index in [9.17, 15) is 0 Å². The van der Waals surface area contributed by atoms with E-state index in [1.54, 1.807) is 0 Å². The van der Waals surface area contributed by atoms with Crippen LogP contribution in [0.5, 0.6) is 0 Å². The van der Waals surface area contributed by atoms with Crippen LogP contribution >= 0.6 is 11.6 Å². The second kappa shape index (κ2) is 4.87. The van der Waals surface area contributed by atoms with Gasteiger partial charge >= 0.3 is 0 Å². The number of carbonyl (C=O) groups is 1. The van der Waals surface area contributed by atoms with E-state index in [2.05, 4.69) is 12.1 Å². The maximum atomic E-state index is 8.36. The molecule has 1 saturated carbocycles. The SMILES string of the molecule is Clc1ccc(C2CC2)cc1.O=CO. The highest BCUT2D eigenvalue weighted by atomic mass is 35.5. The maximum Gasteiger partial charge on any atom is 0.290 e. The predicted molar refractivity (Wildman–Crippen MR) is 52.1 cm³/mol. The van der Waals surface area contributed by atoms with Gasteiger partial charge in [0, 0.05) is 5.02 Å². The molecule has 1 aliphatic carbocycles. The molecule has 0 atom stereocenters. The van der Waals surface area contributed by atoms with Crippen molar-refractivity contribution in [3.8, 4) is 0 Å². The van der Waals surface area contributed by atoms with Crippen LogP contribution in [-0.4, -0.2) is 11.6 Å². The number of rotatable bonds is 1. The molecule has 1 fully saturated rings. The molecular formula is C10H11ClO2. The van der Waals surface area contributed by atoms with Gasteiger partial charge in [0.05, 0.1) is 0 Å². The molecule has 1 N–H and O–H groups in total. The van der Waals surface area contributed by atoms with E-state index in [-0.39, 0.29) is 6.47 Å². The predicted octanol–water partition coefficient (Wildman–Crippen LogP) is 2.92. The van der Waals surface area contributed by atoms with Crippen molar-refractivity contribution >= 4 is 18.1 Å². The summed E-state index contributed by atoms with van der Waals surface area (Å²) >= 11 is 5.74. The lowest BCUT2D eigenvalue weighted by molar-refractivity contribution is -0.122. The lowest BCUT2D eigenvalue weighted by atomic mass is 10.1. The molecule has 3 heteroatoms. The van der Waals surface area contributed by atoms with Crippen LogP contribution in [-0.2, 0) is 4.79 Å². The summed E-state index contributed by atoms with van der Waals surface area (Å²) in [5.74, 6) is 0.845. The van der Waals surface area contributed by atoms with Crippen molar-refractivity contribution in [2.24, 2.45) is 0 Å².